The van der Waals surface area contributed by atoms with E-state index in [1.165, 1.54) is 6.33 Å². The number of aromatic nitrogens is 2. The predicted octanol–water partition coefficient (Wildman–Crippen LogP) is 0.588. The smallest absolute Gasteiger partial charge is 0.141 e. The number of likely N-dealkylation sites (N-methyl/N-ethyl adjacent to an activating group) is 1. The van der Waals surface area contributed by atoms with Crippen LogP contribution in [0.1, 0.15) is 12.5 Å². The van der Waals surface area contributed by atoms with E-state index in [2.05, 4.69) is 15.3 Å². The van der Waals surface area contributed by atoms with Crippen LogP contribution in [0.15, 0.2) is 24.5 Å². The topological polar surface area (TPSA) is 93.4 Å². The van der Waals surface area contributed by atoms with Crippen LogP contribution in [-0.2, 0) is 16.0 Å². The van der Waals surface area contributed by atoms with Crippen molar-refractivity contribution in [3.63, 3.8) is 0 Å². The van der Waals surface area contributed by atoms with Crippen molar-refractivity contribution < 1.29 is 9.53 Å². The van der Waals surface area contributed by atoms with Crippen molar-refractivity contribution in [1.29, 1.82) is 0 Å². The minimum absolute atomic E-state index is 0.0342. The standard InChI is InChI=1S/C17H23N5O2/c1-11(24-17-15(9-23)22(2)6-5-19-17)7-12-3-4-13-14(8-12)20-10-21-16(13)18/h3-4,8-11,15,17,19H,5-7H2,1-2H3,(H2,18,20,21). The molecule has 2 aromatic rings. The second-order valence-corrected chi connectivity index (χ2v) is 6.24. The van der Waals surface area contributed by atoms with Crippen molar-refractivity contribution in [2.24, 2.45) is 0 Å². The van der Waals surface area contributed by atoms with Crippen LogP contribution in [0.3, 0.4) is 0 Å². The van der Waals surface area contributed by atoms with Crippen molar-refractivity contribution in [2.45, 2.75) is 31.7 Å². The third-order valence-electron chi connectivity index (χ3n) is 4.40. The number of carbonyl (C=O) groups is 1. The number of carbonyl (C=O) groups excluding carboxylic acids is 1. The molecule has 1 aliphatic heterocycles. The molecule has 128 valence electrons. The van der Waals surface area contributed by atoms with Crippen LogP contribution < -0.4 is 11.1 Å². The van der Waals surface area contributed by atoms with Crippen molar-refractivity contribution in [2.75, 3.05) is 25.9 Å². The average molecular weight is 329 g/mol. The number of rotatable bonds is 5. The molecular weight excluding hydrogens is 306 g/mol. The van der Waals surface area contributed by atoms with E-state index in [-0.39, 0.29) is 18.4 Å². The fourth-order valence-corrected chi connectivity index (χ4v) is 3.07. The summed E-state index contributed by atoms with van der Waals surface area (Å²) in [5.74, 6) is 0.485. The van der Waals surface area contributed by atoms with Crippen molar-refractivity contribution in [3.8, 4) is 0 Å². The highest BCUT2D eigenvalue weighted by Gasteiger charge is 2.30. The lowest BCUT2D eigenvalue weighted by Gasteiger charge is -2.37. The Morgan fingerprint density at radius 2 is 2.33 bits per heavy atom. The van der Waals surface area contributed by atoms with Gasteiger partial charge in [0, 0.05) is 18.5 Å². The number of piperazine rings is 1. The van der Waals surface area contributed by atoms with Gasteiger partial charge in [-0.25, -0.2) is 9.97 Å². The fourth-order valence-electron chi connectivity index (χ4n) is 3.07. The van der Waals surface area contributed by atoms with Crippen LogP contribution in [0.25, 0.3) is 10.9 Å². The minimum atomic E-state index is -0.283. The highest BCUT2D eigenvalue weighted by Crippen LogP contribution is 2.19. The molecule has 0 radical (unpaired) electrons. The number of nitrogens with zero attached hydrogens (tertiary/aromatic N) is 3. The van der Waals surface area contributed by atoms with Gasteiger partial charge in [0.15, 0.2) is 0 Å². The zero-order chi connectivity index (χ0) is 17.1. The van der Waals surface area contributed by atoms with Gasteiger partial charge in [0.25, 0.3) is 0 Å². The Hall–Kier alpha value is -2.09. The number of nitrogens with two attached hydrogens (primary N) is 1. The molecule has 3 rings (SSSR count). The van der Waals surface area contributed by atoms with E-state index in [4.69, 9.17) is 10.5 Å². The predicted molar refractivity (Wildman–Crippen MR) is 92.5 cm³/mol. The highest BCUT2D eigenvalue weighted by atomic mass is 16.5. The summed E-state index contributed by atoms with van der Waals surface area (Å²) in [6.45, 7) is 3.66. The van der Waals surface area contributed by atoms with Crippen LogP contribution >= 0.6 is 0 Å². The zero-order valence-electron chi connectivity index (χ0n) is 14.0. The SMILES string of the molecule is CC(Cc1ccc2c(N)ncnc2c1)OC1NCCN(C)C1C=O. The number of nitrogen functional groups attached to an aromatic ring is 1. The van der Waals surface area contributed by atoms with Gasteiger partial charge in [0.1, 0.15) is 30.7 Å². The first kappa shape index (κ1) is 16.8. The Labute approximate surface area is 141 Å². The molecule has 3 N–H and O–H groups in total. The largest absolute Gasteiger partial charge is 0.383 e. The number of aldehydes is 1. The van der Waals surface area contributed by atoms with Gasteiger partial charge in [0.2, 0.25) is 0 Å². The third-order valence-corrected chi connectivity index (χ3v) is 4.40. The number of hydrogen-bond donors (Lipinski definition) is 2. The van der Waals surface area contributed by atoms with Gasteiger partial charge in [-0.05, 0) is 38.1 Å². The molecule has 0 bridgehead atoms. The molecule has 0 saturated carbocycles. The fraction of sp³-hybridized carbons (Fsp3) is 0.471. The molecule has 0 aliphatic carbocycles. The molecule has 0 spiro atoms. The monoisotopic (exact) mass is 329 g/mol. The van der Waals surface area contributed by atoms with E-state index in [9.17, 15) is 4.79 Å². The highest BCUT2D eigenvalue weighted by molar-refractivity contribution is 5.88. The van der Waals surface area contributed by atoms with Gasteiger partial charge >= 0.3 is 0 Å². The molecule has 3 unspecified atom stereocenters. The molecule has 7 heteroatoms. The molecule has 7 nitrogen and oxygen atoms in total. The number of fused-ring (bicyclic) bond motifs is 1. The number of ether oxygens (including phenoxy) is 1. The number of hydrogen-bond acceptors (Lipinski definition) is 7. The molecule has 24 heavy (non-hydrogen) atoms. The second-order valence-electron chi connectivity index (χ2n) is 6.24. The number of anilines is 1. The quantitative estimate of drug-likeness (QED) is 0.775. The normalized spacial score (nSPS) is 23.2. The van der Waals surface area contributed by atoms with Crippen molar-refractivity contribution in [3.05, 3.63) is 30.1 Å². The van der Waals surface area contributed by atoms with E-state index in [0.717, 1.165) is 42.3 Å². The van der Waals surface area contributed by atoms with Crippen LogP contribution in [0, 0.1) is 0 Å². The van der Waals surface area contributed by atoms with Crippen molar-refractivity contribution in [1.82, 2.24) is 20.2 Å². The van der Waals surface area contributed by atoms with Gasteiger partial charge in [-0.2, -0.15) is 0 Å². The maximum atomic E-state index is 11.3. The molecular formula is C17H23N5O2. The molecule has 1 fully saturated rings. The first-order chi connectivity index (χ1) is 11.6. The van der Waals surface area contributed by atoms with Crippen LogP contribution in [0.4, 0.5) is 5.82 Å². The van der Waals surface area contributed by atoms with Crippen LogP contribution in [0.2, 0.25) is 0 Å². The van der Waals surface area contributed by atoms with Gasteiger partial charge in [-0.1, -0.05) is 6.07 Å². The summed E-state index contributed by atoms with van der Waals surface area (Å²) in [5.41, 5.74) is 7.79. The van der Waals surface area contributed by atoms with E-state index < -0.39 is 0 Å². The molecule has 1 saturated heterocycles. The summed E-state index contributed by atoms with van der Waals surface area (Å²) in [4.78, 5) is 21.6. The lowest BCUT2D eigenvalue weighted by atomic mass is 10.1. The average Bonchev–Trinajstić information content (AvgIpc) is 2.55. The summed E-state index contributed by atoms with van der Waals surface area (Å²) in [6, 6.07) is 5.70. The second kappa shape index (κ2) is 7.21. The van der Waals surface area contributed by atoms with Crippen LogP contribution in [-0.4, -0.2) is 59.7 Å². The van der Waals surface area contributed by atoms with Gasteiger partial charge in [-0.3, -0.25) is 10.2 Å². The summed E-state index contributed by atoms with van der Waals surface area (Å²) in [6.07, 6.45) is 2.83. The Balaban J connectivity index is 1.68. The van der Waals surface area contributed by atoms with Gasteiger partial charge < -0.3 is 15.3 Å². The maximum absolute atomic E-state index is 11.3. The first-order valence-corrected chi connectivity index (χ1v) is 8.12. The van der Waals surface area contributed by atoms with E-state index >= 15 is 0 Å². The Bertz CT molecular complexity index is 723. The number of benzene rings is 1. The van der Waals surface area contributed by atoms with Crippen LogP contribution in [0.5, 0.6) is 0 Å². The summed E-state index contributed by atoms with van der Waals surface area (Å²) < 4.78 is 6.06. The Morgan fingerprint density at radius 3 is 3.12 bits per heavy atom. The Morgan fingerprint density at radius 1 is 1.50 bits per heavy atom. The lowest BCUT2D eigenvalue weighted by Crippen LogP contribution is -2.59. The molecule has 1 aliphatic rings. The summed E-state index contributed by atoms with van der Waals surface area (Å²) >= 11 is 0. The molecule has 0 amide bonds. The van der Waals surface area contributed by atoms with E-state index in [1.54, 1.807) is 0 Å². The first-order valence-electron chi connectivity index (χ1n) is 8.12. The zero-order valence-corrected chi connectivity index (χ0v) is 14.0. The molecule has 3 atom stereocenters. The van der Waals surface area contributed by atoms with Crippen molar-refractivity contribution >= 4 is 23.0 Å². The van der Waals surface area contributed by atoms with E-state index in [1.807, 2.05) is 37.1 Å². The third kappa shape index (κ3) is 3.53. The van der Waals surface area contributed by atoms with E-state index in [0.29, 0.717) is 5.82 Å². The Kier molecular flexibility index (Phi) is 5.03. The number of nitrogens with one attached hydrogen (secondary N) is 1. The summed E-state index contributed by atoms with van der Waals surface area (Å²) in [7, 11) is 1.94. The maximum Gasteiger partial charge on any atom is 0.141 e. The molecule has 1 aromatic heterocycles. The molecule has 1 aromatic carbocycles. The van der Waals surface area contributed by atoms with Gasteiger partial charge in [-0.15, -0.1) is 0 Å². The lowest BCUT2D eigenvalue weighted by molar-refractivity contribution is -0.126. The summed E-state index contributed by atoms with van der Waals surface area (Å²) in [5, 5.41) is 4.13. The van der Waals surface area contributed by atoms with Gasteiger partial charge in [0.05, 0.1) is 11.6 Å². The molecule has 2 heterocycles. The minimum Gasteiger partial charge on any atom is -0.383 e.